The van der Waals surface area contributed by atoms with Gasteiger partial charge in [0.2, 0.25) is 5.95 Å². The maximum atomic E-state index is 15.3. The Morgan fingerprint density at radius 3 is 2.36 bits per heavy atom. The van der Waals surface area contributed by atoms with Gasteiger partial charge in [-0.2, -0.15) is 15.0 Å². The second kappa shape index (κ2) is 8.52. The number of amides is 3. The molecule has 3 amide bonds. The van der Waals surface area contributed by atoms with Crippen molar-refractivity contribution in [1.29, 1.82) is 0 Å². The van der Waals surface area contributed by atoms with Gasteiger partial charge in [-0.05, 0) is 42.8 Å². The molecule has 11 heteroatoms. The fourth-order valence-electron chi connectivity index (χ4n) is 4.36. The van der Waals surface area contributed by atoms with Crippen molar-refractivity contribution in [2.24, 2.45) is 4.99 Å². The van der Waals surface area contributed by atoms with E-state index in [9.17, 15) is 14.4 Å². The molecule has 0 N–H and O–H groups in total. The second-order valence-corrected chi connectivity index (χ2v) is 12.4. The van der Waals surface area contributed by atoms with Gasteiger partial charge in [0.05, 0.1) is 17.8 Å². The quantitative estimate of drug-likeness (QED) is 0.504. The Bertz CT molecular complexity index is 1460. The van der Waals surface area contributed by atoms with Gasteiger partial charge in [0.15, 0.2) is 5.17 Å². The lowest BCUT2D eigenvalue weighted by Crippen LogP contribution is -2.36. The number of anilines is 3. The van der Waals surface area contributed by atoms with Gasteiger partial charge in [0.25, 0.3) is 5.91 Å². The van der Waals surface area contributed by atoms with Crippen LogP contribution in [0.5, 0.6) is 0 Å². The molecule has 0 saturated carbocycles. The van der Waals surface area contributed by atoms with Crippen molar-refractivity contribution < 1.29 is 18.8 Å². The summed E-state index contributed by atoms with van der Waals surface area (Å²) in [5.74, 6) is -2.82. The van der Waals surface area contributed by atoms with E-state index in [0.717, 1.165) is 15.5 Å². The maximum absolute atomic E-state index is 15.3. The number of aliphatic imine (C=N–C) groups is 1. The molecule has 9 nitrogen and oxygen atoms in total. The minimum atomic E-state index is -2.02. The number of carbonyl (C=O) groups is 3. The van der Waals surface area contributed by atoms with Gasteiger partial charge >= 0.3 is 11.8 Å². The molecule has 0 fully saturated rings. The first-order valence-electron chi connectivity index (χ1n) is 11.0. The van der Waals surface area contributed by atoms with Gasteiger partial charge in [-0.1, -0.05) is 12.1 Å². The summed E-state index contributed by atoms with van der Waals surface area (Å²) < 4.78 is 15.3. The number of halogens is 1. The van der Waals surface area contributed by atoms with Gasteiger partial charge in [0.1, 0.15) is 5.82 Å². The highest BCUT2D eigenvalue weighted by Gasteiger charge is 2.43. The molecule has 36 heavy (non-hydrogen) atoms. The molecule has 0 atom stereocenters. The standard InChI is InChI=1S/C25H23FN6O3S/c1-30(2)19-8-5-6-9-20(19)36(3,4)25-29-21(33)23(35)32(25)15-12-16-17(18(26)13-15)14-31(22(16)34)24-27-10-7-11-28-24/h5-13H,14H2,1-4H3. The summed E-state index contributed by atoms with van der Waals surface area (Å²) in [4.78, 5) is 56.3. The van der Waals surface area contributed by atoms with Crippen LogP contribution >= 0.6 is 10.0 Å². The van der Waals surface area contributed by atoms with Crippen LogP contribution in [0.3, 0.4) is 0 Å². The van der Waals surface area contributed by atoms with Crippen LogP contribution in [0.4, 0.5) is 21.7 Å². The van der Waals surface area contributed by atoms with Crippen LogP contribution in [-0.2, 0) is 16.1 Å². The smallest absolute Gasteiger partial charge is 0.338 e. The third kappa shape index (κ3) is 3.63. The van der Waals surface area contributed by atoms with Crippen molar-refractivity contribution >= 4 is 50.2 Å². The number of hydrogen-bond donors (Lipinski definition) is 0. The molecule has 0 unspecified atom stereocenters. The molecule has 2 aliphatic rings. The number of aromatic nitrogens is 2. The SMILES string of the molecule is CN(C)c1ccccc1S(C)(C)C1=NC(=O)C(=O)N1c1cc(F)c2c(c1)C(=O)N(c1ncccn1)C2. The molecule has 0 radical (unpaired) electrons. The van der Waals surface area contributed by atoms with E-state index < -0.39 is 33.6 Å². The van der Waals surface area contributed by atoms with E-state index in [-0.39, 0.29) is 34.5 Å². The second-order valence-electron chi connectivity index (χ2n) is 8.92. The van der Waals surface area contributed by atoms with Crippen molar-refractivity contribution in [3.8, 4) is 0 Å². The molecule has 0 spiro atoms. The van der Waals surface area contributed by atoms with Crippen molar-refractivity contribution in [2.75, 3.05) is 41.3 Å². The zero-order chi connectivity index (χ0) is 25.8. The van der Waals surface area contributed by atoms with E-state index >= 15 is 4.39 Å². The Labute approximate surface area is 208 Å². The lowest BCUT2D eigenvalue weighted by Gasteiger charge is -2.37. The largest absolute Gasteiger partial charge is 0.377 e. The molecule has 184 valence electrons. The Morgan fingerprint density at radius 2 is 1.67 bits per heavy atom. The highest BCUT2D eigenvalue weighted by molar-refractivity contribution is 8.44. The van der Waals surface area contributed by atoms with Gasteiger partial charge < -0.3 is 4.90 Å². The van der Waals surface area contributed by atoms with Crippen LogP contribution in [-0.4, -0.2) is 59.5 Å². The number of carbonyl (C=O) groups excluding carboxylic acids is 3. The van der Waals surface area contributed by atoms with Crippen LogP contribution in [0.25, 0.3) is 0 Å². The monoisotopic (exact) mass is 506 g/mol. The number of benzene rings is 2. The molecule has 3 aromatic rings. The third-order valence-electron chi connectivity index (χ3n) is 6.15. The fraction of sp³-hybridized carbons (Fsp3) is 0.200. The topological polar surface area (TPSA) is 99.1 Å². The molecule has 0 bridgehead atoms. The molecule has 3 heterocycles. The van der Waals surface area contributed by atoms with Crippen molar-refractivity contribution in [3.63, 3.8) is 0 Å². The molecule has 5 rings (SSSR count). The van der Waals surface area contributed by atoms with Crippen molar-refractivity contribution in [3.05, 3.63) is 71.8 Å². The zero-order valence-corrected chi connectivity index (χ0v) is 20.9. The van der Waals surface area contributed by atoms with Gasteiger partial charge in [0, 0.05) is 42.6 Å². The predicted octanol–water partition coefficient (Wildman–Crippen LogP) is 3.19. The number of para-hydroxylation sites is 1. The Balaban J connectivity index is 1.59. The first-order chi connectivity index (χ1) is 17.1. The van der Waals surface area contributed by atoms with E-state index in [1.807, 2.05) is 55.8 Å². The fourth-order valence-corrected chi connectivity index (χ4v) is 6.71. The average Bonchev–Trinajstić information content (AvgIpc) is 3.36. The van der Waals surface area contributed by atoms with Crippen LogP contribution in [0.1, 0.15) is 15.9 Å². The summed E-state index contributed by atoms with van der Waals surface area (Å²) in [5.41, 5.74) is 1.26. The summed E-state index contributed by atoms with van der Waals surface area (Å²) in [5, 5.41) is 0.236. The summed E-state index contributed by atoms with van der Waals surface area (Å²) >= 11 is 0. The molecule has 0 aliphatic carbocycles. The minimum absolute atomic E-state index is 0.0366. The van der Waals surface area contributed by atoms with Crippen LogP contribution in [0.15, 0.2) is 64.7 Å². The van der Waals surface area contributed by atoms with Crippen LogP contribution < -0.4 is 14.7 Å². The highest BCUT2D eigenvalue weighted by atomic mass is 32.3. The van der Waals surface area contributed by atoms with Crippen molar-refractivity contribution in [2.45, 2.75) is 11.4 Å². The minimum Gasteiger partial charge on any atom is -0.377 e. The highest BCUT2D eigenvalue weighted by Crippen LogP contribution is 2.56. The van der Waals surface area contributed by atoms with E-state index in [1.165, 1.54) is 29.4 Å². The van der Waals surface area contributed by atoms with Crippen LogP contribution in [0.2, 0.25) is 0 Å². The lowest BCUT2D eigenvalue weighted by atomic mass is 10.1. The number of nitrogens with zero attached hydrogens (tertiary/aromatic N) is 6. The molecular weight excluding hydrogens is 483 g/mol. The summed E-state index contributed by atoms with van der Waals surface area (Å²) in [6.45, 7) is -0.0366. The lowest BCUT2D eigenvalue weighted by molar-refractivity contribution is -0.134. The average molecular weight is 507 g/mol. The third-order valence-corrected chi connectivity index (χ3v) is 8.78. The first kappa shape index (κ1) is 23.6. The normalized spacial score (nSPS) is 15.9. The van der Waals surface area contributed by atoms with Gasteiger partial charge in [-0.25, -0.2) is 14.4 Å². The Kier molecular flexibility index (Phi) is 5.59. The molecule has 1 aromatic heterocycles. The molecule has 2 aromatic carbocycles. The zero-order valence-electron chi connectivity index (χ0n) is 20.1. The predicted molar refractivity (Wildman–Crippen MR) is 137 cm³/mol. The molecule has 0 saturated heterocycles. The van der Waals surface area contributed by atoms with Crippen molar-refractivity contribution in [1.82, 2.24) is 9.97 Å². The summed E-state index contributed by atoms with van der Waals surface area (Å²) in [6, 6.07) is 11.9. The Morgan fingerprint density at radius 1 is 0.972 bits per heavy atom. The van der Waals surface area contributed by atoms with E-state index in [1.54, 1.807) is 6.07 Å². The van der Waals surface area contributed by atoms with E-state index in [0.29, 0.717) is 0 Å². The number of fused-ring (bicyclic) bond motifs is 1. The summed E-state index contributed by atoms with van der Waals surface area (Å²) in [6.07, 6.45) is 6.84. The van der Waals surface area contributed by atoms with Gasteiger partial charge in [-0.15, -0.1) is 0 Å². The summed E-state index contributed by atoms with van der Waals surface area (Å²) in [7, 11) is 1.79. The van der Waals surface area contributed by atoms with E-state index in [4.69, 9.17) is 0 Å². The van der Waals surface area contributed by atoms with E-state index in [2.05, 4.69) is 15.0 Å². The molecular formula is C25H23FN6O3S. The number of hydrogen-bond acceptors (Lipinski definition) is 6. The number of amidine groups is 1. The Hall–Kier alpha value is -4.12. The molecule has 2 aliphatic heterocycles. The first-order valence-corrected chi connectivity index (χ1v) is 13.4. The number of rotatable bonds is 4. The maximum Gasteiger partial charge on any atom is 0.338 e. The van der Waals surface area contributed by atoms with Gasteiger partial charge in [-0.3, -0.25) is 24.2 Å². The van der Waals surface area contributed by atoms with Crippen LogP contribution in [0, 0.1) is 5.82 Å².